The van der Waals surface area contributed by atoms with Gasteiger partial charge < -0.3 is 24.7 Å². The van der Waals surface area contributed by atoms with E-state index in [1.54, 1.807) is 0 Å². The maximum absolute atomic E-state index is 4.53. The first kappa shape index (κ1) is 32.2. The van der Waals surface area contributed by atoms with Gasteiger partial charge in [-0.2, -0.15) is 0 Å². The zero-order valence-corrected chi connectivity index (χ0v) is 26.1. The van der Waals surface area contributed by atoms with Crippen molar-refractivity contribution in [3.05, 3.63) is 88.2 Å². The number of imidazole rings is 2. The Morgan fingerprint density at radius 1 is 0.548 bits per heavy atom. The summed E-state index contributed by atoms with van der Waals surface area (Å²) in [7, 11) is 0. The second kappa shape index (κ2) is 15.0. The molecule has 224 valence electrons. The summed E-state index contributed by atoms with van der Waals surface area (Å²) in [5, 5.41) is 18.0. The van der Waals surface area contributed by atoms with E-state index in [0.717, 1.165) is 75.6 Å². The zero-order chi connectivity index (χ0) is 27.9. The number of rotatable bonds is 10. The van der Waals surface area contributed by atoms with Gasteiger partial charge >= 0.3 is 11.9 Å². The average Bonchev–Trinajstić information content (AvgIpc) is 3.62. The fraction of sp³-hybridized carbons (Fsp3) is 0.375. The van der Waals surface area contributed by atoms with E-state index in [4.69, 9.17) is 0 Å². The second-order valence-electron chi connectivity index (χ2n) is 9.75. The third kappa shape index (κ3) is 7.10. The largest absolute Gasteiger partial charge is 0.421 e. The molecule has 10 heteroatoms. The second-order valence-corrected chi connectivity index (χ2v) is 9.75. The molecule has 0 spiro atoms. The number of benzene rings is 2. The molecule has 0 saturated carbocycles. The predicted octanol–water partition coefficient (Wildman–Crippen LogP) is 7.00. The molecule has 0 bridgehead atoms. The Kier molecular flexibility index (Phi) is 11.5. The van der Waals surface area contributed by atoms with E-state index in [1.165, 1.54) is 11.4 Å². The quantitative estimate of drug-likeness (QED) is 0.117. The molecule has 0 atom stereocenters. The van der Waals surface area contributed by atoms with E-state index in [2.05, 4.69) is 100 Å². The number of aryl methyl sites for hydroxylation is 4. The minimum atomic E-state index is 0. The van der Waals surface area contributed by atoms with E-state index in [0.29, 0.717) is 0 Å². The van der Waals surface area contributed by atoms with Crippen molar-refractivity contribution in [3.63, 3.8) is 0 Å². The monoisotopic (exact) mass is 570 g/mol. The smallest absolute Gasteiger partial charge is 0.368 e. The Morgan fingerprint density at radius 2 is 0.905 bits per heavy atom. The SMILES string of the molecule is CCn1cc[n+](CC)c1N=Nc1ccc(N2CCN(c3ccc(N=Nc4n(CC)cc[n+]4CC)cc3)CC2)cc1.[CH3-].[CH3-]. The van der Waals surface area contributed by atoms with Crippen LogP contribution in [-0.2, 0) is 26.2 Å². The number of piperazine rings is 1. The lowest BCUT2D eigenvalue weighted by Crippen LogP contribution is -2.46. The molecule has 0 N–H and O–H groups in total. The van der Waals surface area contributed by atoms with Crippen LogP contribution in [-0.4, -0.2) is 35.3 Å². The maximum Gasteiger partial charge on any atom is 0.421 e. The van der Waals surface area contributed by atoms with Gasteiger partial charge in [0.1, 0.15) is 11.4 Å². The average molecular weight is 571 g/mol. The van der Waals surface area contributed by atoms with Crippen LogP contribution in [0.3, 0.4) is 0 Å². The van der Waals surface area contributed by atoms with Gasteiger partial charge in [0.05, 0.1) is 51.0 Å². The minimum Gasteiger partial charge on any atom is -0.368 e. The lowest BCUT2D eigenvalue weighted by atomic mass is 10.2. The third-order valence-corrected chi connectivity index (χ3v) is 7.46. The Labute approximate surface area is 251 Å². The van der Waals surface area contributed by atoms with Crippen LogP contribution in [0.15, 0.2) is 93.8 Å². The number of anilines is 2. The van der Waals surface area contributed by atoms with Crippen molar-refractivity contribution in [3.8, 4) is 0 Å². The van der Waals surface area contributed by atoms with E-state index >= 15 is 0 Å². The third-order valence-electron chi connectivity index (χ3n) is 7.46. The highest BCUT2D eigenvalue weighted by Crippen LogP contribution is 2.26. The van der Waals surface area contributed by atoms with Crippen molar-refractivity contribution in [2.75, 3.05) is 36.0 Å². The molecular weight excluding hydrogens is 524 g/mol. The highest BCUT2D eigenvalue weighted by atomic mass is 15.3. The summed E-state index contributed by atoms with van der Waals surface area (Å²) in [6.07, 6.45) is 8.20. The summed E-state index contributed by atoms with van der Waals surface area (Å²) in [6.45, 7) is 15.8. The summed E-state index contributed by atoms with van der Waals surface area (Å²) >= 11 is 0. The van der Waals surface area contributed by atoms with Gasteiger partial charge in [0.2, 0.25) is 0 Å². The zero-order valence-electron chi connectivity index (χ0n) is 26.1. The van der Waals surface area contributed by atoms with E-state index < -0.39 is 0 Å². The molecule has 42 heavy (non-hydrogen) atoms. The first-order valence-corrected chi connectivity index (χ1v) is 14.3. The summed E-state index contributed by atoms with van der Waals surface area (Å²) in [6, 6.07) is 16.8. The van der Waals surface area contributed by atoms with Crippen molar-refractivity contribution in [1.29, 1.82) is 0 Å². The first-order chi connectivity index (χ1) is 19.6. The Morgan fingerprint density at radius 3 is 1.21 bits per heavy atom. The van der Waals surface area contributed by atoms with Crippen LogP contribution in [0, 0.1) is 14.9 Å². The molecule has 0 aliphatic carbocycles. The summed E-state index contributed by atoms with van der Waals surface area (Å²) in [4.78, 5) is 4.86. The fourth-order valence-corrected chi connectivity index (χ4v) is 5.02. The van der Waals surface area contributed by atoms with Crippen LogP contribution >= 0.6 is 0 Å². The van der Waals surface area contributed by atoms with Gasteiger partial charge in [-0.1, -0.05) is 10.2 Å². The van der Waals surface area contributed by atoms with Crippen molar-refractivity contribution >= 4 is 34.6 Å². The number of azo groups is 2. The van der Waals surface area contributed by atoms with Gasteiger partial charge in [0.25, 0.3) is 0 Å². The van der Waals surface area contributed by atoms with Gasteiger partial charge in [-0.25, -0.2) is 18.3 Å². The lowest BCUT2D eigenvalue weighted by molar-refractivity contribution is -0.680. The molecule has 1 aliphatic rings. The van der Waals surface area contributed by atoms with Gasteiger partial charge in [0.15, 0.2) is 0 Å². The molecule has 1 aliphatic heterocycles. The molecule has 5 rings (SSSR count). The summed E-state index contributed by atoms with van der Waals surface area (Å²) in [5.74, 6) is 1.75. The van der Waals surface area contributed by atoms with Crippen molar-refractivity contribution in [2.24, 2.45) is 20.5 Å². The van der Waals surface area contributed by atoms with Gasteiger partial charge in [-0.3, -0.25) is 0 Å². The van der Waals surface area contributed by atoms with Gasteiger partial charge in [0, 0.05) is 47.8 Å². The lowest BCUT2D eigenvalue weighted by Gasteiger charge is -2.37. The Bertz CT molecular complexity index is 1280. The molecule has 1 fully saturated rings. The highest BCUT2D eigenvalue weighted by Gasteiger charge is 2.19. The molecule has 10 nitrogen and oxygen atoms in total. The van der Waals surface area contributed by atoms with Crippen molar-refractivity contribution in [1.82, 2.24) is 9.13 Å². The first-order valence-electron chi connectivity index (χ1n) is 14.3. The number of nitrogens with zero attached hydrogens (tertiary/aromatic N) is 10. The van der Waals surface area contributed by atoms with Crippen LogP contribution in [0.2, 0.25) is 0 Å². The number of hydrogen-bond acceptors (Lipinski definition) is 6. The summed E-state index contributed by atoms with van der Waals surface area (Å²) in [5.41, 5.74) is 4.16. The van der Waals surface area contributed by atoms with Gasteiger partial charge in [-0.15, -0.1) is 0 Å². The molecule has 0 amide bonds. The van der Waals surface area contributed by atoms with Crippen LogP contribution in [0.25, 0.3) is 0 Å². The molecule has 1 saturated heterocycles. The van der Waals surface area contributed by atoms with Crippen LogP contribution < -0.4 is 18.9 Å². The van der Waals surface area contributed by atoms with Gasteiger partial charge in [-0.05, 0) is 76.2 Å². The molecule has 2 aromatic heterocycles. The predicted molar refractivity (Wildman–Crippen MR) is 170 cm³/mol. The molecule has 0 unspecified atom stereocenters. The molecule has 3 heterocycles. The standard InChI is InChI=1S/C30H40N10.2CH3/c1-5-35-17-18-36(6-2)29(35)33-31-25-9-13-27(14-10-25)39-21-23-40(24-22-39)28-15-11-26(12-16-28)32-34-30-37(7-3)19-20-38(30)8-4;;/h9-20H,5-8,21-24H2,1-4H3;2*1H3/q+2;2*-1. The topological polar surface area (TPSA) is 73.5 Å². The molecule has 4 aromatic rings. The fourth-order valence-electron chi connectivity index (χ4n) is 5.02. The highest BCUT2D eigenvalue weighted by molar-refractivity contribution is 5.56. The van der Waals surface area contributed by atoms with E-state index in [1.807, 2.05) is 49.1 Å². The normalized spacial score (nSPS) is 13.5. The Balaban J connectivity index is 0.00000242. The minimum absolute atomic E-state index is 0. The Hall–Kier alpha value is -4.34. The maximum atomic E-state index is 4.53. The molecular formula is C32H46N10. The van der Waals surface area contributed by atoms with E-state index in [-0.39, 0.29) is 14.9 Å². The van der Waals surface area contributed by atoms with Crippen molar-refractivity contribution in [2.45, 2.75) is 53.9 Å². The van der Waals surface area contributed by atoms with Crippen molar-refractivity contribution < 1.29 is 9.13 Å². The molecule has 2 aromatic carbocycles. The van der Waals surface area contributed by atoms with Crippen LogP contribution in [0.5, 0.6) is 0 Å². The molecule has 0 radical (unpaired) electrons. The van der Waals surface area contributed by atoms with Crippen LogP contribution in [0.1, 0.15) is 27.7 Å². The number of hydrogen-bond donors (Lipinski definition) is 0. The number of aromatic nitrogens is 4. The summed E-state index contributed by atoms with van der Waals surface area (Å²) < 4.78 is 8.41. The van der Waals surface area contributed by atoms with E-state index in [9.17, 15) is 0 Å². The van der Waals surface area contributed by atoms with Crippen LogP contribution in [0.4, 0.5) is 34.6 Å².